The second-order valence-electron chi connectivity index (χ2n) is 10.3. The molecule has 0 aliphatic carbocycles. The molecule has 6 N–H and O–H groups in total. The Balaban J connectivity index is 1.90. The van der Waals surface area contributed by atoms with Crippen molar-refractivity contribution in [1.29, 1.82) is 0 Å². The molecule has 0 aromatic heterocycles. The summed E-state index contributed by atoms with van der Waals surface area (Å²) in [6.45, 7) is 6.34. The molecular formula is C30H41N5OS. The van der Waals surface area contributed by atoms with Crippen LogP contribution in [0.25, 0.3) is 10.8 Å². The summed E-state index contributed by atoms with van der Waals surface area (Å²) in [5.74, 6) is -0.0371. The summed E-state index contributed by atoms with van der Waals surface area (Å²) in [7, 11) is 0. The number of rotatable bonds is 13. The monoisotopic (exact) mass is 519 g/mol. The van der Waals surface area contributed by atoms with Crippen molar-refractivity contribution in [2.24, 2.45) is 11.5 Å². The zero-order chi connectivity index (χ0) is 26.7. The van der Waals surface area contributed by atoms with Crippen LogP contribution in [0.5, 0.6) is 0 Å². The quantitative estimate of drug-likeness (QED) is 0.201. The van der Waals surface area contributed by atoms with Gasteiger partial charge in [-0.15, -0.1) is 0 Å². The molecule has 37 heavy (non-hydrogen) atoms. The van der Waals surface area contributed by atoms with Crippen molar-refractivity contribution in [3.8, 4) is 0 Å². The molecule has 0 fully saturated rings. The minimum absolute atomic E-state index is 0.0371. The average Bonchev–Trinajstić information content (AvgIpc) is 2.88. The SMILES string of the molecule is CC(C)(N)CCNC(=S)N(Cc1ccc2ccccc2c1)C(Cc1ccccc1)C(=O)NCCCCN. The smallest absolute Gasteiger partial charge is 0.243 e. The molecule has 198 valence electrons. The molecule has 0 saturated carbocycles. The van der Waals surface area contributed by atoms with Crippen LogP contribution in [0.3, 0.4) is 0 Å². The van der Waals surface area contributed by atoms with Crippen molar-refractivity contribution in [3.63, 3.8) is 0 Å². The van der Waals surface area contributed by atoms with E-state index in [2.05, 4.69) is 53.1 Å². The zero-order valence-corrected chi connectivity index (χ0v) is 22.9. The number of unbranched alkanes of at least 4 members (excludes halogenated alkanes) is 1. The molecule has 0 aliphatic heterocycles. The summed E-state index contributed by atoms with van der Waals surface area (Å²) >= 11 is 5.90. The first-order valence-corrected chi connectivity index (χ1v) is 13.5. The fourth-order valence-electron chi connectivity index (χ4n) is 4.23. The summed E-state index contributed by atoms with van der Waals surface area (Å²) < 4.78 is 0. The fraction of sp³-hybridized carbons (Fsp3) is 0.400. The van der Waals surface area contributed by atoms with E-state index in [1.165, 1.54) is 5.39 Å². The molecule has 0 spiro atoms. The maximum Gasteiger partial charge on any atom is 0.243 e. The number of nitrogens with zero attached hydrogens (tertiary/aromatic N) is 1. The second-order valence-corrected chi connectivity index (χ2v) is 10.7. The highest BCUT2D eigenvalue weighted by molar-refractivity contribution is 7.80. The number of nitrogens with two attached hydrogens (primary N) is 2. The lowest BCUT2D eigenvalue weighted by Crippen LogP contribution is -2.54. The molecule has 1 atom stereocenters. The molecule has 3 rings (SSSR count). The van der Waals surface area contributed by atoms with Crippen molar-refractivity contribution >= 4 is 34.0 Å². The molecule has 6 nitrogen and oxygen atoms in total. The molecule has 0 bridgehead atoms. The lowest BCUT2D eigenvalue weighted by atomic mass is 10.0. The molecule has 0 heterocycles. The van der Waals surface area contributed by atoms with Crippen molar-refractivity contribution in [2.75, 3.05) is 19.6 Å². The number of hydrogen-bond donors (Lipinski definition) is 4. The Morgan fingerprint density at radius 3 is 2.32 bits per heavy atom. The van der Waals surface area contributed by atoms with Gasteiger partial charge in [-0.05, 0) is 79.8 Å². The van der Waals surface area contributed by atoms with Crippen LogP contribution >= 0.6 is 12.2 Å². The van der Waals surface area contributed by atoms with E-state index in [-0.39, 0.29) is 11.4 Å². The Labute approximate surface area is 226 Å². The number of amides is 1. The van der Waals surface area contributed by atoms with Gasteiger partial charge in [0.2, 0.25) is 5.91 Å². The van der Waals surface area contributed by atoms with Crippen LogP contribution in [0.1, 0.15) is 44.2 Å². The highest BCUT2D eigenvalue weighted by atomic mass is 32.1. The third-order valence-corrected chi connectivity index (χ3v) is 6.73. The summed E-state index contributed by atoms with van der Waals surface area (Å²) in [5, 5.41) is 9.40. The van der Waals surface area contributed by atoms with E-state index < -0.39 is 6.04 Å². The fourth-order valence-corrected chi connectivity index (χ4v) is 4.52. The normalized spacial score (nSPS) is 12.2. The Hall–Kier alpha value is -3.00. The largest absolute Gasteiger partial charge is 0.362 e. The van der Waals surface area contributed by atoms with Crippen LogP contribution in [-0.4, -0.2) is 47.1 Å². The van der Waals surface area contributed by atoms with Crippen LogP contribution in [0.2, 0.25) is 0 Å². The van der Waals surface area contributed by atoms with Crippen molar-refractivity contribution in [3.05, 3.63) is 83.9 Å². The van der Waals surface area contributed by atoms with Crippen LogP contribution in [0.15, 0.2) is 72.8 Å². The zero-order valence-electron chi connectivity index (χ0n) is 22.1. The third-order valence-electron chi connectivity index (χ3n) is 6.35. The van der Waals surface area contributed by atoms with Gasteiger partial charge < -0.3 is 27.0 Å². The Morgan fingerprint density at radius 2 is 1.62 bits per heavy atom. The van der Waals surface area contributed by atoms with Gasteiger partial charge >= 0.3 is 0 Å². The number of carbonyl (C=O) groups is 1. The molecule has 7 heteroatoms. The van der Waals surface area contributed by atoms with E-state index in [9.17, 15) is 4.79 Å². The predicted molar refractivity (Wildman–Crippen MR) is 158 cm³/mol. The molecular weight excluding hydrogens is 478 g/mol. The maximum absolute atomic E-state index is 13.6. The third kappa shape index (κ3) is 9.43. The Bertz CT molecular complexity index is 1150. The van der Waals surface area contributed by atoms with Gasteiger partial charge in [-0.2, -0.15) is 0 Å². The van der Waals surface area contributed by atoms with E-state index in [1.807, 2.05) is 49.1 Å². The molecule has 3 aromatic carbocycles. The number of carbonyl (C=O) groups excluding carboxylic acids is 1. The van der Waals surface area contributed by atoms with Gasteiger partial charge in [-0.3, -0.25) is 4.79 Å². The standard InChI is InChI=1S/C30H41N5OS/c1-30(2,32)16-19-34-29(37)35(22-24-14-15-25-12-6-7-13-26(25)20-24)27(21-23-10-4-3-5-11-23)28(36)33-18-9-8-17-31/h3-7,10-15,20,27H,8-9,16-19,21-22,31-32H2,1-2H3,(H,33,36)(H,34,37). The number of nitrogens with one attached hydrogen (secondary N) is 2. The summed E-state index contributed by atoms with van der Waals surface area (Å²) in [4.78, 5) is 15.6. The first-order chi connectivity index (χ1) is 17.8. The van der Waals surface area contributed by atoms with Crippen LogP contribution in [0, 0.1) is 0 Å². The average molecular weight is 520 g/mol. The maximum atomic E-state index is 13.6. The minimum Gasteiger partial charge on any atom is -0.362 e. The molecule has 0 radical (unpaired) electrons. The predicted octanol–water partition coefficient (Wildman–Crippen LogP) is 4.11. The van der Waals surface area contributed by atoms with E-state index in [1.54, 1.807) is 0 Å². The summed E-state index contributed by atoms with van der Waals surface area (Å²) in [6.07, 6.45) is 3.02. The first-order valence-electron chi connectivity index (χ1n) is 13.1. The summed E-state index contributed by atoms with van der Waals surface area (Å²) in [5.41, 5.74) is 13.7. The summed E-state index contributed by atoms with van der Waals surface area (Å²) in [6, 6.07) is 24.3. The van der Waals surface area contributed by atoms with E-state index in [4.69, 9.17) is 23.7 Å². The highest BCUT2D eigenvalue weighted by Gasteiger charge is 2.28. The second kappa shape index (κ2) is 14.1. The van der Waals surface area contributed by atoms with Gasteiger partial charge in [0.1, 0.15) is 6.04 Å². The van der Waals surface area contributed by atoms with Gasteiger partial charge in [0, 0.05) is 31.6 Å². The van der Waals surface area contributed by atoms with Crippen LogP contribution < -0.4 is 22.1 Å². The van der Waals surface area contributed by atoms with Gasteiger partial charge in [0.15, 0.2) is 5.11 Å². The number of hydrogen-bond acceptors (Lipinski definition) is 4. The van der Waals surface area contributed by atoms with Crippen LogP contribution in [-0.2, 0) is 17.8 Å². The Morgan fingerprint density at radius 1 is 0.919 bits per heavy atom. The number of thiocarbonyl (C=S) groups is 1. The van der Waals surface area contributed by atoms with E-state index in [0.29, 0.717) is 37.7 Å². The lowest BCUT2D eigenvalue weighted by Gasteiger charge is -2.34. The molecule has 0 aliphatic rings. The number of fused-ring (bicyclic) bond motifs is 1. The minimum atomic E-state index is -0.474. The molecule has 1 unspecified atom stereocenters. The molecule has 0 saturated heterocycles. The van der Waals surface area contributed by atoms with Gasteiger partial charge in [0.05, 0.1) is 0 Å². The first kappa shape index (κ1) is 28.6. The topological polar surface area (TPSA) is 96.4 Å². The molecule has 1 amide bonds. The van der Waals surface area contributed by atoms with Gasteiger partial charge in [-0.25, -0.2) is 0 Å². The van der Waals surface area contributed by atoms with Crippen LogP contribution in [0.4, 0.5) is 0 Å². The van der Waals surface area contributed by atoms with Crippen molar-refractivity contribution in [1.82, 2.24) is 15.5 Å². The Kier molecular flexibility index (Phi) is 10.9. The van der Waals surface area contributed by atoms with Gasteiger partial charge in [0.25, 0.3) is 0 Å². The molecule has 3 aromatic rings. The van der Waals surface area contributed by atoms with Crippen molar-refractivity contribution in [2.45, 2.75) is 57.7 Å². The number of benzene rings is 3. The highest BCUT2D eigenvalue weighted by Crippen LogP contribution is 2.20. The van der Waals surface area contributed by atoms with E-state index >= 15 is 0 Å². The van der Waals surface area contributed by atoms with Gasteiger partial charge in [-0.1, -0.05) is 66.7 Å². The van der Waals surface area contributed by atoms with Crippen molar-refractivity contribution < 1.29 is 4.79 Å². The lowest BCUT2D eigenvalue weighted by molar-refractivity contribution is -0.125. The van der Waals surface area contributed by atoms with E-state index in [0.717, 1.165) is 35.8 Å².